The summed E-state index contributed by atoms with van der Waals surface area (Å²) >= 11 is 0. The van der Waals surface area contributed by atoms with Crippen molar-refractivity contribution < 1.29 is 4.79 Å². The third-order valence-electron chi connectivity index (χ3n) is 4.84. The van der Waals surface area contributed by atoms with Gasteiger partial charge in [-0.1, -0.05) is 0 Å². The molecule has 1 aliphatic carbocycles. The lowest BCUT2D eigenvalue weighted by Crippen LogP contribution is -2.53. The first-order chi connectivity index (χ1) is 11.0. The number of nitrogens with one attached hydrogen (secondary N) is 1. The molecule has 2 aliphatic rings. The average Bonchev–Trinajstić information content (AvgIpc) is 3.31. The molecule has 1 saturated heterocycles. The summed E-state index contributed by atoms with van der Waals surface area (Å²) in [5.74, 6) is 1.24. The van der Waals surface area contributed by atoms with E-state index in [-0.39, 0.29) is 5.91 Å². The normalized spacial score (nSPS) is 21.5. The molecule has 7 nitrogen and oxygen atoms in total. The van der Waals surface area contributed by atoms with Gasteiger partial charge in [0.15, 0.2) is 0 Å². The summed E-state index contributed by atoms with van der Waals surface area (Å²) < 4.78 is 2.01. The predicted molar refractivity (Wildman–Crippen MR) is 86.7 cm³/mol. The number of imidazole rings is 1. The fourth-order valence-electron chi connectivity index (χ4n) is 3.18. The number of rotatable bonds is 5. The molecule has 0 spiro atoms. The number of carbonyl (C=O) groups excluding carboxylic acids is 1. The smallest absolute Gasteiger partial charge is 0.235 e. The second-order valence-corrected chi connectivity index (χ2v) is 6.74. The van der Waals surface area contributed by atoms with Gasteiger partial charge >= 0.3 is 0 Å². The van der Waals surface area contributed by atoms with E-state index >= 15 is 0 Å². The van der Waals surface area contributed by atoms with Crippen molar-refractivity contribution in [2.45, 2.75) is 25.3 Å². The molecule has 2 fully saturated rings. The van der Waals surface area contributed by atoms with Crippen LogP contribution in [0.25, 0.3) is 0 Å². The average molecular weight is 316 g/mol. The molecule has 1 atom stereocenters. The molecule has 7 heteroatoms. The van der Waals surface area contributed by atoms with Gasteiger partial charge < -0.3 is 14.8 Å². The molecule has 23 heavy (non-hydrogen) atoms. The van der Waals surface area contributed by atoms with Crippen molar-refractivity contribution in [3.8, 4) is 6.07 Å². The zero-order valence-electron chi connectivity index (χ0n) is 13.8. The molecule has 3 rings (SSSR count). The van der Waals surface area contributed by atoms with Gasteiger partial charge in [-0.25, -0.2) is 4.98 Å². The molecule has 1 aromatic rings. The molecule has 0 bridgehead atoms. The van der Waals surface area contributed by atoms with Gasteiger partial charge in [0, 0.05) is 45.6 Å². The van der Waals surface area contributed by atoms with Crippen molar-refractivity contribution in [1.82, 2.24) is 19.8 Å². The lowest BCUT2D eigenvalue weighted by atomic mass is 9.98. The van der Waals surface area contributed by atoms with Gasteiger partial charge in [0.2, 0.25) is 11.9 Å². The summed E-state index contributed by atoms with van der Waals surface area (Å²) in [6.45, 7) is 5.56. The summed E-state index contributed by atoms with van der Waals surface area (Å²) in [6, 6.07) is 2.27. The SMILES string of the molecule is Cn1ccnc1N1CCN(CC(=O)NC(C)(C#N)C2CC2)CC1. The summed E-state index contributed by atoms with van der Waals surface area (Å²) in [6.07, 6.45) is 5.81. The minimum absolute atomic E-state index is 0.0496. The molecule has 1 unspecified atom stereocenters. The molecule has 124 valence electrons. The number of piperazine rings is 1. The van der Waals surface area contributed by atoms with Crippen molar-refractivity contribution in [2.75, 3.05) is 37.6 Å². The zero-order chi connectivity index (χ0) is 16.4. The number of nitrogens with zero attached hydrogens (tertiary/aromatic N) is 5. The van der Waals surface area contributed by atoms with E-state index in [0.29, 0.717) is 12.5 Å². The fraction of sp³-hybridized carbons (Fsp3) is 0.688. The monoisotopic (exact) mass is 316 g/mol. The number of aryl methyl sites for hydroxylation is 1. The highest BCUT2D eigenvalue weighted by molar-refractivity contribution is 5.79. The van der Waals surface area contributed by atoms with Crippen molar-refractivity contribution in [2.24, 2.45) is 13.0 Å². The minimum atomic E-state index is -0.703. The number of aromatic nitrogens is 2. The van der Waals surface area contributed by atoms with Crippen LogP contribution in [0.2, 0.25) is 0 Å². The van der Waals surface area contributed by atoms with E-state index in [1.807, 2.05) is 24.7 Å². The highest BCUT2D eigenvalue weighted by Crippen LogP contribution is 2.39. The zero-order valence-corrected chi connectivity index (χ0v) is 13.8. The second-order valence-electron chi connectivity index (χ2n) is 6.74. The van der Waals surface area contributed by atoms with Gasteiger partial charge in [-0.3, -0.25) is 9.69 Å². The van der Waals surface area contributed by atoms with Crippen LogP contribution in [-0.2, 0) is 11.8 Å². The Morgan fingerprint density at radius 1 is 1.43 bits per heavy atom. The van der Waals surface area contributed by atoms with Gasteiger partial charge in [0.1, 0.15) is 5.54 Å². The van der Waals surface area contributed by atoms with E-state index in [2.05, 4.69) is 26.2 Å². The number of amides is 1. The van der Waals surface area contributed by atoms with Gasteiger partial charge in [-0.2, -0.15) is 5.26 Å². The quantitative estimate of drug-likeness (QED) is 0.848. The standard InChI is InChI=1S/C16H24N6O/c1-16(12-17,13-3-4-13)19-14(23)11-21-7-9-22(10-8-21)15-18-5-6-20(15)2/h5-6,13H,3-4,7-11H2,1-2H3,(H,19,23). The first kappa shape index (κ1) is 15.8. The lowest BCUT2D eigenvalue weighted by molar-refractivity contribution is -0.123. The van der Waals surface area contributed by atoms with Gasteiger partial charge in [-0.05, 0) is 25.7 Å². The molecule has 1 aromatic heterocycles. The van der Waals surface area contributed by atoms with E-state index in [1.165, 1.54) is 0 Å². The van der Waals surface area contributed by atoms with Crippen LogP contribution in [0.3, 0.4) is 0 Å². The van der Waals surface area contributed by atoms with Crippen LogP contribution in [0, 0.1) is 17.2 Å². The maximum absolute atomic E-state index is 12.2. The first-order valence-electron chi connectivity index (χ1n) is 8.19. The highest BCUT2D eigenvalue weighted by atomic mass is 16.2. The van der Waals surface area contributed by atoms with Crippen LogP contribution in [-0.4, -0.2) is 58.6 Å². The number of hydrogen-bond donors (Lipinski definition) is 1. The van der Waals surface area contributed by atoms with Crippen LogP contribution in [0.15, 0.2) is 12.4 Å². The lowest BCUT2D eigenvalue weighted by Gasteiger charge is -2.35. The maximum atomic E-state index is 12.2. The second kappa shape index (κ2) is 6.20. The summed E-state index contributed by atoms with van der Waals surface area (Å²) in [5.41, 5.74) is -0.703. The summed E-state index contributed by atoms with van der Waals surface area (Å²) in [4.78, 5) is 21.0. The fourth-order valence-corrected chi connectivity index (χ4v) is 3.18. The Morgan fingerprint density at radius 2 is 2.13 bits per heavy atom. The molecule has 2 heterocycles. The van der Waals surface area contributed by atoms with E-state index in [0.717, 1.165) is 45.0 Å². The summed E-state index contributed by atoms with van der Waals surface area (Å²) in [7, 11) is 1.99. The highest BCUT2D eigenvalue weighted by Gasteiger charge is 2.43. The topological polar surface area (TPSA) is 77.2 Å². The minimum Gasteiger partial charge on any atom is -0.340 e. The number of hydrogen-bond acceptors (Lipinski definition) is 5. The molecule has 1 saturated carbocycles. The molecule has 0 radical (unpaired) electrons. The molecular weight excluding hydrogens is 292 g/mol. The van der Waals surface area contributed by atoms with Crippen LogP contribution in [0.1, 0.15) is 19.8 Å². The third kappa shape index (κ3) is 3.48. The Hall–Kier alpha value is -2.07. The van der Waals surface area contributed by atoms with Crippen LogP contribution in [0.5, 0.6) is 0 Å². The van der Waals surface area contributed by atoms with E-state index in [1.54, 1.807) is 6.20 Å². The largest absolute Gasteiger partial charge is 0.340 e. The predicted octanol–water partition coefficient (Wildman–Crippen LogP) is 0.351. The molecule has 1 amide bonds. The Bertz CT molecular complexity index is 608. The van der Waals surface area contributed by atoms with Crippen LogP contribution < -0.4 is 10.2 Å². The maximum Gasteiger partial charge on any atom is 0.235 e. The first-order valence-corrected chi connectivity index (χ1v) is 8.19. The Balaban J connectivity index is 1.48. The van der Waals surface area contributed by atoms with Crippen molar-refractivity contribution in [3.05, 3.63) is 12.4 Å². The van der Waals surface area contributed by atoms with E-state index in [9.17, 15) is 10.1 Å². The van der Waals surface area contributed by atoms with Crippen LogP contribution in [0.4, 0.5) is 5.95 Å². The Kier molecular flexibility index (Phi) is 4.26. The molecule has 1 aliphatic heterocycles. The van der Waals surface area contributed by atoms with E-state index in [4.69, 9.17) is 0 Å². The number of nitriles is 1. The number of anilines is 1. The van der Waals surface area contributed by atoms with Gasteiger partial charge in [0.05, 0.1) is 12.6 Å². The van der Waals surface area contributed by atoms with Gasteiger partial charge in [-0.15, -0.1) is 0 Å². The summed E-state index contributed by atoms with van der Waals surface area (Å²) in [5, 5.41) is 12.3. The van der Waals surface area contributed by atoms with Crippen molar-refractivity contribution in [3.63, 3.8) is 0 Å². The van der Waals surface area contributed by atoms with Crippen molar-refractivity contribution >= 4 is 11.9 Å². The Morgan fingerprint density at radius 3 is 2.65 bits per heavy atom. The van der Waals surface area contributed by atoms with E-state index < -0.39 is 5.54 Å². The molecule has 0 aromatic carbocycles. The molecular formula is C16H24N6O. The Labute approximate surface area is 136 Å². The van der Waals surface area contributed by atoms with Crippen LogP contribution >= 0.6 is 0 Å². The molecule has 1 N–H and O–H groups in total. The third-order valence-corrected chi connectivity index (χ3v) is 4.84. The number of carbonyl (C=O) groups is 1. The van der Waals surface area contributed by atoms with Gasteiger partial charge in [0.25, 0.3) is 0 Å². The van der Waals surface area contributed by atoms with Crippen molar-refractivity contribution in [1.29, 1.82) is 5.26 Å².